The molecule has 2 aliphatic rings. The predicted molar refractivity (Wildman–Crippen MR) is 194 cm³/mol. The molecular formula is C36H53N9O4S. The second kappa shape index (κ2) is 16.2. The third kappa shape index (κ3) is 8.94. The predicted octanol–water partition coefficient (Wildman–Crippen LogP) is 4.58. The lowest BCUT2D eigenvalue weighted by Gasteiger charge is -2.39. The molecule has 2 amide bonds. The van der Waals surface area contributed by atoms with Crippen molar-refractivity contribution in [3.05, 3.63) is 64.2 Å². The van der Waals surface area contributed by atoms with Crippen LogP contribution >= 0.6 is 0 Å². The molecule has 2 heterocycles. The molecule has 2 fully saturated rings. The number of hydrogen-bond donors (Lipinski definition) is 5. The van der Waals surface area contributed by atoms with E-state index in [4.69, 9.17) is 22.1 Å². The van der Waals surface area contributed by atoms with Gasteiger partial charge in [-0.3, -0.25) is 20.4 Å². The van der Waals surface area contributed by atoms with Gasteiger partial charge in [-0.1, -0.05) is 71.9 Å². The van der Waals surface area contributed by atoms with Crippen LogP contribution in [0.15, 0.2) is 46.4 Å². The van der Waals surface area contributed by atoms with Gasteiger partial charge in [0, 0.05) is 50.7 Å². The van der Waals surface area contributed by atoms with Crippen LogP contribution in [0.2, 0.25) is 0 Å². The zero-order chi connectivity index (χ0) is 36.9. The number of carbonyl (C=O) groups is 2. The Balaban J connectivity index is 1.60. The first kappa shape index (κ1) is 38.6. The van der Waals surface area contributed by atoms with Gasteiger partial charge in [-0.2, -0.15) is 4.72 Å². The van der Waals surface area contributed by atoms with Crippen molar-refractivity contribution in [3.63, 3.8) is 0 Å². The molecule has 2 aliphatic heterocycles. The van der Waals surface area contributed by atoms with Gasteiger partial charge in [0.1, 0.15) is 11.9 Å². The summed E-state index contributed by atoms with van der Waals surface area (Å²) in [5, 5.41) is 18.8. The summed E-state index contributed by atoms with van der Waals surface area (Å²) in [4.78, 5) is 33.0. The minimum atomic E-state index is -4.20. The highest BCUT2D eigenvalue weighted by Crippen LogP contribution is 2.35. The molecule has 2 saturated heterocycles. The Labute approximate surface area is 296 Å². The second-order valence-electron chi connectivity index (χ2n) is 14.3. The summed E-state index contributed by atoms with van der Waals surface area (Å²) in [5.74, 6) is -0.765. The van der Waals surface area contributed by atoms with Gasteiger partial charge in [0.05, 0.1) is 4.90 Å². The summed E-state index contributed by atoms with van der Waals surface area (Å²) in [5.41, 5.74) is 16.4. The van der Waals surface area contributed by atoms with Crippen molar-refractivity contribution in [2.75, 3.05) is 39.3 Å². The van der Waals surface area contributed by atoms with Crippen molar-refractivity contribution in [1.29, 1.82) is 16.3 Å². The zero-order valence-corrected chi connectivity index (χ0v) is 30.9. The molecule has 0 radical (unpaired) electrons. The van der Waals surface area contributed by atoms with Gasteiger partial charge in [0.15, 0.2) is 0 Å². The number of nitrogens with two attached hydrogens (primary N) is 1. The van der Waals surface area contributed by atoms with Gasteiger partial charge in [-0.05, 0) is 65.3 Å². The van der Waals surface area contributed by atoms with E-state index >= 15 is 0 Å². The van der Waals surface area contributed by atoms with Crippen LogP contribution in [0.1, 0.15) is 100.0 Å². The fraction of sp³-hybridized carbons (Fsp3) is 0.556. The molecule has 1 atom stereocenters. The van der Waals surface area contributed by atoms with Gasteiger partial charge >= 0.3 is 0 Å². The summed E-state index contributed by atoms with van der Waals surface area (Å²) in [6.07, 6.45) is 1.18. The van der Waals surface area contributed by atoms with E-state index < -0.39 is 16.1 Å². The van der Waals surface area contributed by atoms with Crippen LogP contribution in [0.25, 0.3) is 0 Å². The lowest BCUT2D eigenvalue weighted by atomic mass is 9.89. The maximum atomic E-state index is 14.5. The average molecular weight is 708 g/mol. The van der Waals surface area contributed by atoms with Crippen molar-refractivity contribution in [3.8, 4) is 0 Å². The Morgan fingerprint density at radius 2 is 1.42 bits per heavy atom. The molecule has 0 spiro atoms. The number of carbonyl (C=O) groups excluding carboxylic acids is 2. The molecule has 4 rings (SSSR count). The first-order chi connectivity index (χ1) is 23.5. The lowest BCUT2D eigenvalue weighted by Crippen LogP contribution is -2.57. The molecule has 14 heteroatoms. The van der Waals surface area contributed by atoms with Crippen molar-refractivity contribution in [1.82, 2.24) is 19.4 Å². The molecule has 0 saturated carbocycles. The first-order valence-electron chi connectivity index (χ1n) is 17.5. The van der Waals surface area contributed by atoms with Crippen molar-refractivity contribution in [2.45, 2.75) is 89.5 Å². The topological polar surface area (TPSA) is 200 Å². The Kier molecular flexibility index (Phi) is 12.5. The largest absolute Gasteiger partial charge is 0.384 e. The van der Waals surface area contributed by atoms with Crippen LogP contribution < -0.4 is 10.5 Å². The van der Waals surface area contributed by atoms with E-state index in [0.717, 1.165) is 5.56 Å². The minimum absolute atomic E-state index is 0.0108. The fourth-order valence-corrected chi connectivity index (χ4v) is 8.65. The third-order valence-electron chi connectivity index (χ3n) is 9.77. The van der Waals surface area contributed by atoms with Gasteiger partial charge in [0.2, 0.25) is 27.8 Å². The number of amides is 2. The first-order valence-corrected chi connectivity index (χ1v) is 18.9. The molecule has 0 unspecified atom stereocenters. The minimum Gasteiger partial charge on any atom is -0.384 e. The smallest absolute Gasteiger partial charge is 0.241 e. The standard InChI is InChI=1S/C36H53N9O4S/c1-22(2)28-20-29(23(3)4)32(30(21-28)24(5)6)50(48,49)42-31(19-25-8-7-9-27(18-25)33(37)38)35(47)44-16-14-43(15-17-44)34(46)26-10-12-45(13-11-26)36(39)41-40/h7-9,18,20-24,26,31,39-40,42H,10-17,19H2,1-6H3,(H3,37,38)/t31-/m0/s1. The van der Waals surface area contributed by atoms with Gasteiger partial charge < -0.3 is 20.4 Å². The van der Waals surface area contributed by atoms with Crippen LogP contribution in [0.3, 0.4) is 0 Å². The summed E-state index contributed by atoms with van der Waals surface area (Å²) in [6.45, 7) is 14.2. The van der Waals surface area contributed by atoms with Crippen LogP contribution in [-0.2, 0) is 26.0 Å². The Morgan fingerprint density at radius 3 is 1.92 bits per heavy atom. The van der Waals surface area contributed by atoms with Gasteiger partial charge in [-0.25, -0.2) is 13.9 Å². The van der Waals surface area contributed by atoms with E-state index in [0.29, 0.717) is 61.3 Å². The van der Waals surface area contributed by atoms with E-state index in [2.05, 4.69) is 23.7 Å². The molecule has 13 nitrogen and oxygen atoms in total. The highest BCUT2D eigenvalue weighted by atomic mass is 32.2. The van der Waals surface area contributed by atoms with Crippen LogP contribution in [0, 0.1) is 22.3 Å². The maximum absolute atomic E-state index is 14.5. The highest BCUT2D eigenvalue weighted by Gasteiger charge is 2.36. The molecule has 0 aromatic heterocycles. The number of likely N-dealkylation sites (tertiary alicyclic amines) is 1. The molecular weight excluding hydrogens is 655 g/mol. The van der Waals surface area contributed by atoms with Crippen molar-refractivity contribution < 1.29 is 18.0 Å². The maximum Gasteiger partial charge on any atom is 0.241 e. The van der Waals surface area contributed by atoms with Crippen molar-refractivity contribution in [2.24, 2.45) is 16.8 Å². The molecule has 272 valence electrons. The number of piperidine rings is 1. The van der Waals surface area contributed by atoms with E-state index in [1.807, 2.05) is 39.8 Å². The van der Waals surface area contributed by atoms with E-state index in [1.165, 1.54) is 0 Å². The summed E-state index contributed by atoms with van der Waals surface area (Å²) in [7, 11) is -4.20. The monoisotopic (exact) mass is 707 g/mol. The number of hydrogen-bond acceptors (Lipinski definition) is 7. The normalized spacial score (nSPS) is 16.6. The van der Waals surface area contributed by atoms with Crippen LogP contribution in [-0.4, -0.2) is 92.0 Å². The molecule has 6 N–H and O–H groups in total. The Hall–Kier alpha value is -4.17. The quantitative estimate of drug-likeness (QED) is 0.129. The number of nitrogen functional groups attached to an aromatic ring is 1. The summed E-state index contributed by atoms with van der Waals surface area (Å²) < 4.78 is 31.8. The molecule has 50 heavy (non-hydrogen) atoms. The molecule has 0 aliphatic carbocycles. The fourth-order valence-electron chi connectivity index (χ4n) is 6.76. The Bertz CT molecular complexity index is 1680. The number of piperazine rings is 1. The average Bonchev–Trinajstić information content (AvgIpc) is 3.09. The molecule has 2 aromatic carbocycles. The van der Waals surface area contributed by atoms with Gasteiger partial charge in [0.25, 0.3) is 0 Å². The number of amidine groups is 1. The second-order valence-corrected chi connectivity index (χ2v) is 16.0. The van der Waals surface area contributed by atoms with Crippen LogP contribution in [0.5, 0.6) is 0 Å². The van der Waals surface area contributed by atoms with Crippen molar-refractivity contribution >= 4 is 33.6 Å². The van der Waals surface area contributed by atoms with E-state index in [9.17, 15) is 18.0 Å². The number of nitrogens with one attached hydrogen (secondary N) is 4. The number of benzene rings is 2. The van der Waals surface area contributed by atoms with E-state index in [-0.39, 0.29) is 71.7 Å². The SMILES string of the molecule is CC(C)c1cc(C(C)C)c(S(=O)(=O)N[C@@H](Cc2cccc(C(=N)N)c2)C(=O)N2CCN(C(=O)C3CCN(C(=N)N=N)CC3)CC2)c(C(C)C)c1. The number of guanidine groups is 1. The molecule has 0 bridgehead atoms. The van der Waals surface area contributed by atoms with E-state index in [1.54, 1.807) is 39.0 Å². The Morgan fingerprint density at radius 1 is 0.860 bits per heavy atom. The lowest BCUT2D eigenvalue weighted by molar-refractivity contribution is -0.143. The third-order valence-corrected chi connectivity index (χ3v) is 11.4. The number of rotatable bonds is 11. The zero-order valence-electron chi connectivity index (χ0n) is 30.1. The summed E-state index contributed by atoms with van der Waals surface area (Å²) >= 11 is 0. The summed E-state index contributed by atoms with van der Waals surface area (Å²) in [6, 6.07) is 9.72. The number of sulfonamides is 1. The van der Waals surface area contributed by atoms with Gasteiger partial charge in [-0.15, -0.1) is 5.11 Å². The van der Waals surface area contributed by atoms with Crippen LogP contribution in [0.4, 0.5) is 0 Å². The highest BCUT2D eigenvalue weighted by molar-refractivity contribution is 7.89. The number of nitrogens with zero attached hydrogens (tertiary/aromatic N) is 4. The molecule has 2 aromatic rings.